The van der Waals surface area contributed by atoms with Gasteiger partial charge in [-0.25, -0.2) is 0 Å². The largest absolute Gasteiger partial charge is 0.313 e. The molecular weight excluding hydrogens is 230 g/mol. The highest BCUT2D eigenvalue weighted by molar-refractivity contribution is 7.85. The number of hydrogen-bond acceptors (Lipinski definition) is 2. The van der Waals surface area contributed by atoms with Gasteiger partial charge >= 0.3 is 0 Å². The summed E-state index contributed by atoms with van der Waals surface area (Å²) in [7, 11) is -0.655. The summed E-state index contributed by atoms with van der Waals surface area (Å²) in [5.41, 5.74) is 0. The monoisotopic (exact) mass is 261 g/mol. The van der Waals surface area contributed by atoms with Crippen LogP contribution in [0.1, 0.15) is 66.2 Å². The van der Waals surface area contributed by atoms with Crippen molar-refractivity contribution in [1.29, 1.82) is 0 Å². The van der Waals surface area contributed by atoms with Gasteiger partial charge in [0.25, 0.3) is 0 Å². The number of rotatable bonds is 11. The summed E-state index contributed by atoms with van der Waals surface area (Å²) in [6, 6.07) is 0.442. The van der Waals surface area contributed by atoms with Gasteiger partial charge in [0.05, 0.1) is 0 Å². The molecule has 3 heteroatoms. The molecule has 104 valence electrons. The number of unbranched alkanes of at least 4 members (excludes halogenated alkanes) is 2. The summed E-state index contributed by atoms with van der Waals surface area (Å²) in [5, 5.41) is 3.85. The maximum atomic E-state index is 12.3. The van der Waals surface area contributed by atoms with Crippen LogP contribution in [0.2, 0.25) is 0 Å². The Balaban J connectivity index is 4.27. The minimum absolute atomic E-state index is 0.340. The fourth-order valence-corrected chi connectivity index (χ4v) is 4.05. The van der Waals surface area contributed by atoms with Gasteiger partial charge in [0.15, 0.2) is 0 Å². The molecular formula is C14H31NOS. The summed E-state index contributed by atoms with van der Waals surface area (Å²) in [4.78, 5) is 0. The molecule has 0 aliphatic carbocycles. The van der Waals surface area contributed by atoms with Gasteiger partial charge in [-0.2, -0.15) is 0 Å². The van der Waals surface area contributed by atoms with Crippen molar-refractivity contribution in [3.05, 3.63) is 0 Å². The average molecular weight is 261 g/mol. The predicted molar refractivity (Wildman–Crippen MR) is 79.0 cm³/mol. The molecule has 1 N–H and O–H groups in total. The Kier molecular flexibility index (Phi) is 11.3. The average Bonchev–Trinajstić information content (AvgIpc) is 2.31. The molecule has 0 heterocycles. The molecule has 0 amide bonds. The zero-order valence-electron chi connectivity index (χ0n) is 12.1. The van der Waals surface area contributed by atoms with Crippen LogP contribution < -0.4 is 5.32 Å². The summed E-state index contributed by atoms with van der Waals surface area (Å²) in [6.45, 7) is 9.68. The molecule has 17 heavy (non-hydrogen) atoms. The van der Waals surface area contributed by atoms with E-state index in [-0.39, 0.29) is 0 Å². The summed E-state index contributed by atoms with van der Waals surface area (Å²) in [6.07, 6.45) is 6.87. The zero-order chi connectivity index (χ0) is 13.1. The first-order chi connectivity index (χ1) is 8.21. The van der Waals surface area contributed by atoms with Crippen LogP contribution in [0.4, 0.5) is 0 Å². The van der Waals surface area contributed by atoms with E-state index >= 15 is 0 Å². The van der Waals surface area contributed by atoms with E-state index in [4.69, 9.17) is 0 Å². The van der Waals surface area contributed by atoms with E-state index in [1.54, 1.807) is 0 Å². The lowest BCUT2D eigenvalue weighted by atomic mass is 10.1. The van der Waals surface area contributed by atoms with Crippen molar-refractivity contribution in [2.75, 3.05) is 12.3 Å². The predicted octanol–water partition coefficient (Wildman–Crippen LogP) is 3.48. The SMILES string of the molecule is CCCCCS(=O)C(CC)C(CCC)NCC. The third-order valence-electron chi connectivity index (χ3n) is 3.20. The van der Waals surface area contributed by atoms with Crippen LogP contribution in [-0.2, 0) is 10.8 Å². The molecule has 0 bridgehead atoms. The first-order valence-corrected chi connectivity index (χ1v) is 8.69. The van der Waals surface area contributed by atoms with Crippen molar-refractivity contribution < 1.29 is 4.21 Å². The Bertz CT molecular complexity index is 191. The minimum Gasteiger partial charge on any atom is -0.313 e. The van der Waals surface area contributed by atoms with Crippen LogP contribution in [0, 0.1) is 0 Å². The summed E-state index contributed by atoms with van der Waals surface area (Å²) < 4.78 is 12.3. The van der Waals surface area contributed by atoms with Crippen LogP contribution in [0.25, 0.3) is 0 Å². The fraction of sp³-hybridized carbons (Fsp3) is 1.00. The van der Waals surface area contributed by atoms with Crippen LogP contribution >= 0.6 is 0 Å². The standard InChI is InChI=1S/C14H31NOS/c1-5-9-10-12-17(16)14(7-3)13(11-6-2)15-8-4/h13-15H,5-12H2,1-4H3. The lowest BCUT2D eigenvalue weighted by molar-refractivity contribution is 0.457. The van der Waals surface area contributed by atoms with Crippen molar-refractivity contribution >= 4 is 10.8 Å². The topological polar surface area (TPSA) is 29.1 Å². The van der Waals surface area contributed by atoms with Gasteiger partial charge in [0.2, 0.25) is 0 Å². The Labute approximate surface area is 110 Å². The van der Waals surface area contributed by atoms with Crippen molar-refractivity contribution in [2.45, 2.75) is 77.5 Å². The van der Waals surface area contributed by atoms with Gasteiger partial charge in [0, 0.05) is 27.8 Å². The van der Waals surface area contributed by atoms with Gasteiger partial charge in [-0.15, -0.1) is 0 Å². The van der Waals surface area contributed by atoms with Gasteiger partial charge in [0.1, 0.15) is 0 Å². The lowest BCUT2D eigenvalue weighted by Gasteiger charge is -2.26. The van der Waals surface area contributed by atoms with E-state index in [1.807, 2.05) is 0 Å². The van der Waals surface area contributed by atoms with Crippen molar-refractivity contribution in [1.82, 2.24) is 5.32 Å². The second kappa shape index (κ2) is 11.2. The van der Waals surface area contributed by atoms with E-state index in [0.717, 1.165) is 31.6 Å². The molecule has 0 spiro atoms. The smallest absolute Gasteiger partial charge is 0.0498 e. The first-order valence-electron chi connectivity index (χ1n) is 7.31. The molecule has 0 saturated carbocycles. The highest BCUT2D eigenvalue weighted by Gasteiger charge is 2.23. The van der Waals surface area contributed by atoms with E-state index in [2.05, 4.69) is 33.0 Å². The molecule has 3 atom stereocenters. The van der Waals surface area contributed by atoms with Gasteiger partial charge < -0.3 is 5.32 Å². The van der Waals surface area contributed by atoms with E-state index in [1.165, 1.54) is 19.3 Å². The third kappa shape index (κ3) is 7.20. The molecule has 0 aromatic rings. The summed E-state index contributed by atoms with van der Waals surface area (Å²) >= 11 is 0. The Hall–Kier alpha value is 0.110. The quantitative estimate of drug-likeness (QED) is 0.577. The van der Waals surface area contributed by atoms with Gasteiger partial charge in [-0.1, -0.05) is 47.0 Å². The normalized spacial score (nSPS) is 16.7. The summed E-state index contributed by atoms with van der Waals surface area (Å²) in [5.74, 6) is 0.887. The fourth-order valence-electron chi connectivity index (χ4n) is 2.29. The Morgan fingerprint density at radius 2 is 1.76 bits per heavy atom. The highest BCUT2D eigenvalue weighted by atomic mass is 32.2. The first kappa shape index (κ1) is 17.1. The van der Waals surface area contributed by atoms with E-state index in [9.17, 15) is 4.21 Å². The molecule has 0 rings (SSSR count). The number of nitrogens with one attached hydrogen (secondary N) is 1. The molecule has 3 unspecified atom stereocenters. The maximum Gasteiger partial charge on any atom is 0.0498 e. The Morgan fingerprint density at radius 1 is 1.06 bits per heavy atom. The van der Waals surface area contributed by atoms with Crippen molar-refractivity contribution in [2.24, 2.45) is 0 Å². The minimum atomic E-state index is -0.655. The number of hydrogen-bond donors (Lipinski definition) is 1. The van der Waals surface area contributed by atoms with Crippen LogP contribution in [0.15, 0.2) is 0 Å². The van der Waals surface area contributed by atoms with Crippen LogP contribution in [0.5, 0.6) is 0 Å². The molecule has 0 aliphatic heterocycles. The molecule has 0 saturated heterocycles. The van der Waals surface area contributed by atoms with Crippen molar-refractivity contribution in [3.63, 3.8) is 0 Å². The van der Waals surface area contributed by atoms with Gasteiger partial charge in [-0.3, -0.25) is 4.21 Å². The molecule has 0 aliphatic rings. The molecule has 0 aromatic heterocycles. The lowest BCUT2D eigenvalue weighted by Crippen LogP contribution is -2.42. The van der Waals surface area contributed by atoms with Gasteiger partial charge in [-0.05, 0) is 25.8 Å². The molecule has 0 fully saturated rings. The molecule has 0 radical (unpaired) electrons. The van der Waals surface area contributed by atoms with Crippen LogP contribution in [0.3, 0.4) is 0 Å². The second-order valence-electron chi connectivity index (χ2n) is 4.69. The molecule has 2 nitrogen and oxygen atoms in total. The highest BCUT2D eigenvalue weighted by Crippen LogP contribution is 2.14. The van der Waals surface area contributed by atoms with Crippen molar-refractivity contribution in [3.8, 4) is 0 Å². The van der Waals surface area contributed by atoms with E-state index < -0.39 is 10.8 Å². The van der Waals surface area contributed by atoms with Crippen LogP contribution in [-0.4, -0.2) is 27.8 Å². The molecule has 0 aromatic carbocycles. The van der Waals surface area contributed by atoms with E-state index in [0.29, 0.717) is 11.3 Å². The third-order valence-corrected chi connectivity index (χ3v) is 5.23. The Morgan fingerprint density at radius 3 is 2.24 bits per heavy atom. The zero-order valence-corrected chi connectivity index (χ0v) is 12.9. The maximum absolute atomic E-state index is 12.3. The second-order valence-corrected chi connectivity index (χ2v) is 6.47.